The molecule has 12 heteroatoms. The normalized spacial score (nSPS) is 11.1. The maximum atomic E-state index is 12.1. The Morgan fingerprint density at radius 2 is 2.03 bits per heavy atom. The summed E-state index contributed by atoms with van der Waals surface area (Å²) in [6, 6.07) is 15.4. The summed E-state index contributed by atoms with van der Waals surface area (Å²) < 4.78 is 1.17. The number of rotatable bonds is 9. The van der Waals surface area contributed by atoms with Gasteiger partial charge in [-0.25, -0.2) is 10.1 Å². The number of nitro groups is 1. The number of carbonyl (C=O) groups is 1. The van der Waals surface area contributed by atoms with Crippen molar-refractivity contribution in [1.29, 1.82) is 0 Å². The number of anilines is 2. The lowest BCUT2D eigenvalue weighted by Crippen LogP contribution is -2.16. The molecule has 0 saturated carbocycles. The van der Waals surface area contributed by atoms with Gasteiger partial charge in [0.1, 0.15) is 0 Å². The van der Waals surface area contributed by atoms with E-state index in [0.717, 1.165) is 17.3 Å². The summed E-state index contributed by atoms with van der Waals surface area (Å²) >= 11 is 1.06. The van der Waals surface area contributed by atoms with E-state index in [1.165, 1.54) is 22.9 Å². The van der Waals surface area contributed by atoms with Gasteiger partial charge in [0.2, 0.25) is 11.1 Å². The topological polar surface area (TPSA) is 153 Å². The van der Waals surface area contributed by atoms with E-state index in [2.05, 4.69) is 26.0 Å². The Morgan fingerprint density at radius 3 is 2.81 bits per heavy atom. The Balaban J connectivity index is 1.49. The van der Waals surface area contributed by atoms with Crippen molar-refractivity contribution in [3.05, 3.63) is 76.4 Å². The molecule has 0 radical (unpaired) electrons. The molecule has 3 rings (SSSR count). The molecule has 0 atom stereocenters. The first kappa shape index (κ1) is 21.5. The molecule has 0 aliphatic carbocycles. The van der Waals surface area contributed by atoms with Crippen LogP contribution in [0.25, 0.3) is 6.08 Å². The Hall–Kier alpha value is -4.19. The molecule has 0 fully saturated rings. The minimum Gasteiger partial charge on any atom is -0.334 e. The molecule has 0 bridgehead atoms. The highest BCUT2D eigenvalue weighted by Gasteiger charge is 2.13. The minimum atomic E-state index is -0.532. The molecule has 1 aromatic heterocycles. The Bertz CT molecular complexity index is 1110. The number of nitrogens with two attached hydrogens (primary N) is 1. The second-order valence-corrected chi connectivity index (χ2v) is 6.92. The average Bonchev–Trinajstić information content (AvgIpc) is 3.12. The lowest BCUT2D eigenvalue weighted by atomic mass is 10.2. The number of nitrogens with one attached hydrogen (secondary N) is 2. The van der Waals surface area contributed by atoms with E-state index in [4.69, 9.17) is 5.84 Å². The van der Waals surface area contributed by atoms with Crippen LogP contribution in [0, 0.1) is 10.1 Å². The average molecular weight is 438 g/mol. The molecular weight excluding hydrogens is 420 g/mol. The summed E-state index contributed by atoms with van der Waals surface area (Å²) in [5, 5.41) is 25.5. The van der Waals surface area contributed by atoms with Crippen molar-refractivity contribution >= 4 is 47.3 Å². The van der Waals surface area contributed by atoms with E-state index in [-0.39, 0.29) is 23.3 Å². The van der Waals surface area contributed by atoms with Crippen LogP contribution in [0.2, 0.25) is 0 Å². The van der Waals surface area contributed by atoms with Gasteiger partial charge < -0.3 is 11.2 Å². The SMILES string of the molecule is Nn1c(N/N=C/C=C/c2ccccc2)nnc1SCC(=O)Nc1cccc([N+](=O)[O-])c1. The van der Waals surface area contributed by atoms with Gasteiger partial charge in [-0.05, 0) is 17.7 Å². The number of hydrogen-bond acceptors (Lipinski definition) is 9. The van der Waals surface area contributed by atoms with E-state index >= 15 is 0 Å². The van der Waals surface area contributed by atoms with Crippen LogP contribution >= 0.6 is 11.8 Å². The molecule has 1 amide bonds. The van der Waals surface area contributed by atoms with Crippen molar-refractivity contribution < 1.29 is 9.72 Å². The van der Waals surface area contributed by atoms with Gasteiger partial charge in [0.25, 0.3) is 11.6 Å². The Labute approximate surface area is 181 Å². The number of hydrogen-bond donors (Lipinski definition) is 3. The Kier molecular flexibility index (Phi) is 7.32. The van der Waals surface area contributed by atoms with Gasteiger partial charge in [-0.15, -0.1) is 10.2 Å². The molecule has 2 aromatic carbocycles. The molecule has 1 heterocycles. The van der Waals surface area contributed by atoms with Crippen LogP contribution in [0.3, 0.4) is 0 Å². The van der Waals surface area contributed by atoms with Crippen LogP contribution < -0.4 is 16.6 Å². The van der Waals surface area contributed by atoms with Crippen LogP contribution in [-0.4, -0.2) is 37.7 Å². The largest absolute Gasteiger partial charge is 0.334 e. The Morgan fingerprint density at radius 1 is 1.23 bits per heavy atom. The molecule has 3 aromatic rings. The van der Waals surface area contributed by atoms with Crippen LogP contribution in [0.15, 0.2) is 70.9 Å². The number of hydrazone groups is 1. The van der Waals surface area contributed by atoms with E-state index in [9.17, 15) is 14.9 Å². The van der Waals surface area contributed by atoms with Crippen LogP contribution in [0.4, 0.5) is 17.3 Å². The number of thioether (sulfide) groups is 1. The maximum absolute atomic E-state index is 12.1. The van der Waals surface area contributed by atoms with Gasteiger partial charge in [-0.3, -0.25) is 14.9 Å². The van der Waals surface area contributed by atoms with Gasteiger partial charge in [0, 0.05) is 24.0 Å². The van der Waals surface area contributed by atoms with Crippen molar-refractivity contribution in [3.63, 3.8) is 0 Å². The number of non-ortho nitro benzene ring substituents is 1. The number of benzene rings is 2. The highest BCUT2D eigenvalue weighted by Crippen LogP contribution is 2.19. The summed E-state index contributed by atoms with van der Waals surface area (Å²) in [6.07, 6.45) is 5.19. The number of carbonyl (C=O) groups excluding carboxylic acids is 1. The summed E-state index contributed by atoms with van der Waals surface area (Å²) in [7, 11) is 0. The predicted molar refractivity (Wildman–Crippen MR) is 120 cm³/mol. The van der Waals surface area contributed by atoms with Gasteiger partial charge in [0.15, 0.2) is 0 Å². The molecule has 4 N–H and O–H groups in total. The highest BCUT2D eigenvalue weighted by molar-refractivity contribution is 7.99. The molecule has 0 aliphatic rings. The van der Waals surface area contributed by atoms with Crippen molar-refractivity contribution in [2.75, 3.05) is 22.3 Å². The quantitative estimate of drug-likeness (QED) is 0.151. The fraction of sp³-hybridized carbons (Fsp3) is 0.0526. The molecule has 0 unspecified atom stereocenters. The van der Waals surface area contributed by atoms with Crippen molar-refractivity contribution in [2.24, 2.45) is 5.10 Å². The maximum Gasteiger partial charge on any atom is 0.271 e. The molecule has 31 heavy (non-hydrogen) atoms. The summed E-state index contributed by atoms with van der Waals surface area (Å²) in [6.45, 7) is 0. The zero-order chi connectivity index (χ0) is 22.1. The van der Waals surface area contributed by atoms with Gasteiger partial charge in [-0.1, -0.05) is 54.2 Å². The first-order chi connectivity index (χ1) is 15.0. The lowest BCUT2D eigenvalue weighted by Gasteiger charge is -2.05. The first-order valence-corrected chi connectivity index (χ1v) is 9.90. The number of allylic oxidation sites excluding steroid dienone is 1. The number of aromatic nitrogens is 3. The zero-order valence-corrected chi connectivity index (χ0v) is 16.9. The minimum absolute atomic E-state index is 0.0128. The van der Waals surface area contributed by atoms with E-state index in [0.29, 0.717) is 10.8 Å². The van der Waals surface area contributed by atoms with Gasteiger partial charge in [-0.2, -0.15) is 5.10 Å². The van der Waals surface area contributed by atoms with E-state index < -0.39 is 4.92 Å². The second kappa shape index (κ2) is 10.5. The first-order valence-electron chi connectivity index (χ1n) is 8.91. The molecular formula is C19H18N8O3S. The van der Waals surface area contributed by atoms with Crippen molar-refractivity contribution in [1.82, 2.24) is 14.9 Å². The summed E-state index contributed by atoms with van der Waals surface area (Å²) in [5.41, 5.74) is 3.93. The van der Waals surface area contributed by atoms with Crippen LogP contribution in [0.5, 0.6) is 0 Å². The standard InChI is InChI=1S/C19H18N8O3S/c20-26-18(23-21-11-5-8-14-6-2-1-3-7-14)24-25-19(26)31-13-17(28)22-15-9-4-10-16(12-15)27(29)30/h1-12H,13,20H2,(H,22,28)(H,23,24)/b8-5+,21-11+. The van der Waals surface area contributed by atoms with Gasteiger partial charge >= 0.3 is 0 Å². The third-order valence-corrected chi connectivity index (χ3v) is 4.69. The van der Waals surface area contributed by atoms with Crippen LogP contribution in [0.1, 0.15) is 5.56 Å². The van der Waals surface area contributed by atoms with E-state index in [1.54, 1.807) is 18.4 Å². The third-order valence-electron chi connectivity index (χ3n) is 3.75. The van der Waals surface area contributed by atoms with Gasteiger partial charge in [0.05, 0.1) is 10.7 Å². The number of nitrogen functional groups attached to an aromatic ring is 1. The summed E-state index contributed by atoms with van der Waals surface area (Å²) in [5.74, 6) is 5.73. The van der Waals surface area contributed by atoms with Crippen molar-refractivity contribution in [3.8, 4) is 0 Å². The summed E-state index contributed by atoms with van der Waals surface area (Å²) in [4.78, 5) is 22.4. The molecule has 0 spiro atoms. The molecule has 0 aliphatic heterocycles. The molecule has 0 saturated heterocycles. The number of nitrogens with zero attached hydrogens (tertiary/aromatic N) is 5. The highest BCUT2D eigenvalue weighted by atomic mass is 32.2. The number of nitro benzene ring substituents is 1. The monoisotopic (exact) mass is 438 g/mol. The predicted octanol–water partition coefficient (Wildman–Crippen LogP) is 2.74. The fourth-order valence-electron chi connectivity index (χ4n) is 2.33. The zero-order valence-electron chi connectivity index (χ0n) is 16.1. The number of amides is 1. The second-order valence-electron chi connectivity index (χ2n) is 5.98. The lowest BCUT2D eigenvalue weighted by molar-refractivity contribution is -0.384. The smallest absolute Gasteiger partial charge is 0.271 e. The molecule has 11 nitrogen and oxygen atoms in total. The van der Waals surface area contributed by atoms with E-state index in [1.807, 2.05) is 36.4 Å². The fourth-order valence-corrected chi connectivity index (χ4v) is 2.99. The molecule has 158 valence electrons. The van der Waals surface area contributed by atoms with Crippen molar-refractivity contribution in [2.45, 2.75) is 5.16 Å². The third kappa shape index (κ3) is 6.40. The van der Waals surface area contributed by atoms with Crippen LogP contribution in [-0.2, 0) is 4.79 Å².